The zero-order valence-electron chi connectivity index (χ0n) is 11.3. The molecule has 0 aromatic heterocycles. The predicted molar refractivity (Wildman–Crippen MR) is 79.6 cm³/mol. The minimum Gasteiger partial charge on any atom is -0.495 e. The van der Waals surface area contributed by atoms with Crippen LogP contribution < -0.4 is 15.0 Å². The van der Waals surface area contributed by atoms with Gasteiger partial charge in [0, 0.05) is 30.4 Å². The monoisotopic (exact) mass is 312 g/mol. The van der Waals surface area contributed by atoms with Gasteiger partial charge in [0.05, 0.1) is 11.6 Å². The lowest BCUT2D eigenvalue weighted by atomic mass is 10.1. The molecule has 1 saturated heterocycles. The molecule has 1 aromatic rings. The highest BCUT2D eigenvalue weighted by Crippen LogP contribution is 2.30. The van der Waals surface area contributed by atoms with Crippen molar-refractivity contribution in [2.45, 2.75) is 25.8 Å². The van der Waals surface area contributed by atoms with Gasteiger partial charge in [-0.25, -0.2) is 0 Å². The number of nitrogens with one attached hydrogen (secondary N) is 1. The van der Waals surface area contributed by atoms with Gasteiger partial charge in [0.2, 0.25) is 0 Å². The molecule has 0 aliphatic carbocycles. The number of methoxy groups -OCH3 is 1. The van der Waals surface area contributed by atoms with E-state index in [0.717, 1.165) is 29.9 Å². The number of halogens is 1. The van der Waals surface area contributed by atoms with Crippen LogP contribution in [0, 0.1) is 0 Å². The van der Waals surface area contributed by atoms with E-state index in [1.807, 2.05) is 0 Å². The summed E-state index contributed by atoms with van der Waals surface area (Å²) in [6, 6.07) is 6.30. The Morgan fingerprint density at radius 1 is 1.39 bits per heavy atom. The first-order chi connectivity index (χ1) is 8.52. The van der Waals surface area contributed by atoms with E-state index in [9.17, 15) is 0 Å². The van der Waals surface area contributed by atoms with Crippen molar-refractivity contribution in [3.05, 3.63) is 22.7 Å². The third kappa shape index (κ3) is 3.18. The molecule has 0 radical (unpaired) electrons. The first-order valence-corrected chi connectivity index (χ1v) is 7.15. The van der Waals surface area contributed by atoms with Crippen molar-refractivity contribution in [1.82, 2.24) is 5.32 Å². The molecule has 2 rings (SSSR count). The average molecular weight is 313 g/mol. The third-order valence-electron chi connectivity index (χ3n) is 3.29. The number of ether oxygens (including phenoxy) is 1. The van der Waals surface area contributed by atoms with Gasteiger partial charge in [0.25, 0.3) is 0 Å². The Morgan fingerprint density at radius 3 is 2.89 bits per heavy atom. The second kappa shape index (κ2) is 5.49. The molecule has 0 bridgehead atoms. The molecule has 0 unspecified atom stereocenters. The zero-order chi connectivity index (χ0) is 13.2. The number of anilines is 1. The van der Waals surface area contributed by atoms with Crippen molar-refractivity contribution in [3.8, 4) is 5.75 Å². The number of rotatable bonds is 2. The highest BCUT2D eigenvalue weighted by atomic mass is 79.9. The van der Waals surface area contributed by atoms with Crippen molar-refractivity contribution in [2.75, 3.05) is 31.6 Å². The summed E-state index contributed by atoms with van der Waals surface area (Å²) in [4.78, 5) is 2.43. The van der Waals surface area contributed by atoms with Crippen molar-refractivity contribution in [3.63, 3.8) is 0 Å². The van der Waals surface area contributed by atoms with Crippen molar-refractivity contribution in [2.24, 2.45) is 0 Å². The van der Waals surface area contributed by atoms with Crippen molar-refractivity contribution in [1.29, 1.82) is 0 Å². The quantitative estimate of drug-likeness (QED) is 0.908. The van der Waals surface area contributed by atoms with Gasteiger partial charge in [0.15, 0.2) is 0 Å². The van der Waals surface area contributed by atoms with E-state index in [2.05, 4.69) is 58.2 Å². The zero-order valence-corrected chi connectivity index (χ0v) is 12.9. The highest BCUT2D eigenvalue weighted by Gasteiger charge is 2.24. The number of nitrogens with zero attached hydrogens (tertiary/aromatic N) is 1. The molecule has 1 aliphatic rings. The van der Waals surface area contributed by atoms with Crippen LogP contribution in [0.15, 0.2) is 22.7 Å². The second-order valence-corrected chi connectivity index (χ2v) is 6.26. The van der Waals surface area contributed by atoms with Gasteiger partial charge >= 0.3 is 0 Å². The van der Waals surface area contributed by atoms with Gasteiger partial charge in [-0.2, -0.15) is 0 Å². The Morgan fingerprint density at radius 2 is 2.17 bits per heavy atom. The first-order valence-electron chi connectivity index (χ1n) is 6.35. The maximum absolute atomic E-state index is 5.37. The van der Waals surface area contributed by atoms with Crippen LogP contribution in [0.5, 0.6) is 5.75 Å². The maximum atomic E-state index is 5.37. The van der Waals surface area contributed by atoms with Crippen LogP contribution in [0.2, 0.25) is 0 Å². The van der Waals surface area contributed by atoms with Crippen LogP contribution in [-0.2, 0) is 0 Å². The molecular weight excluding hydrogens is 292 g/mol. The van der Waals surface area contributed by atoms with Crippen LogP contribution in [0.1, 0.15) is 20.3 Å². The molecule has 100 valence electrons. The van der Waals surface area contributed by atoms with E-state index in [1.54, 1.807) is 7.11 Å². The lowest BCUT2D eigenvalue weighted by molar-refractivity contribution is 0.409. The van der Waals surface area contributed by atoms with Crippen molar-refractivity contribution < 1.29 is 4.74 Å². The standard InChI is InChI=1S/C14H21BrN2O/c1-14(2)10-17(8-4-7-16-14)11-5-6-12(15)13(9-11)18-3/h5-6,9,16H,4,7-8,10H2,1-3H3. The minimum atomic E-state index is 0.150. The van der Waals surface area contributed by atoms with Gasteiger partial charge in [-0.3, -0.25) is 0 Å². The predicted octanol–water partition coefficient (Wildman–Crippen LogP) is 3.04. The molecule has 0 saturated carbocycles. The summed E-state index contributed by atoms with van der Waals surface area (Å²) < 4.78 is 6.37. The molecule has 18 heavy (non-hydrogen) atoms. The summed E-state index contributed by atoms with van der Waals surface area (Å²) in [6.07, 6.45) is 1.17. The third-order valence-corrected chi connectivity index (χ3v) is 3.95. The lowest BCUT2D eigenvalue weighted by Crippen LogP contribution is -2.46. The largest absolute Gasteiger partial charge is 0.495 e. The van der Waals surface area contributed by atoms with E-state index in [4.69, 9.17) is 4.74 Å². The fourth-order valence-electron chi connectivity index (χ4n) is 2.37. The molecule has 0 spiro atoms. The van der Waals surface area contributed by atoms with Crippen LogP contribution in [0.4, 0.5) is 5.69 Å². The fourth-order valence-corrected chi connectivity index (χ4v) is 2.78. The van der Waals surface area contributed by atoms with Gasteiger partial charge in [-0.05, 0) is 54.9 Å². The summed E-state index contributed by atoms with van der Waals surface area (Å²) >= 11 is 3.50. The minimum absolute atomic E-state index is 0.150. The molecule has 3 nitrogen and oxygen atoms in total. The normalized spacial score (nSPS) is 19.4. The van der Waals surface area contributed by atoms with Crippen molar-refractivity contribution >= 4 is 21.6 Å². The summed E-state index contributed by atoms with van der Waals surface area (Å²) in [5.74, 6) is 0.891. The summed E-state index contributed by atoms with van der Waals surface area (Å²) in [5, 5.41) is 3.58. The molecule has 1 aromatic carbocycles. The van der Waals surface area contributed by atoms with E-state index in [1.165, 1.54) is 12.1 Å². The van der Waals surface area contributed by atoms with E-state index in [0.29, 0.717) is 0 Å². The van der Waals surface area contributed by atoms with Crippen LogP contribution in [0.3, 0.4) is 0 Å². The number of benzene rings is 1. The Hall–Kier alpha value is -0.740. The molecule has 0 amide bonds. The average Bonchev–Trinajstić information content (AvgIpc) is 2.51. The molecule has 1 heterocycles. The fraction of sp³-hybridized carbons (Fsp3) is 0.571. The molecule has 1 N–H and O–H groups in total. The van der Waals surface area contributed by atoms with Crippen LogP contribution in [-0.4, -0.2) is 32.3 Å². The van der Waals surface area contributed by atoms with Crippen LogP contribution >= 0.6 is 15.9 Å². The van der Waals surface area contributed by atoms with Gasteiger partial charge in [0.1, 0.15) is 5.75 Å². The highest BCUT2D eigenvalue weighted by molar-refractivity contribution is 9.10. The second-order valence-electron chi connectivity index (χ2n) is 5.40. The Balaban J connectivity index is 2.24. The van der Waals surface area contributed by atoms with Gasteiger partial charge in [-0.15, -0.1) is 0 Å². The SMILES string of the molecule is COc1cc(N2CCCNC(C)(C)C2)ccc1Br. The summed E-state index contributed by atoms with van der Waals surface area (Å²) in [7, 11) is 1.71. The van der Waals surface area contributed by atoms with E-state index < -0.39 is 0 Å². The number of hydrogen-bond donors (Lipinski definition) is 1. The molecule has 0 atom stereocenters. The topological polar surface area (TPSA) is 24.5 Å². The molecule has 4 heteroatoms. The lowest BCUT2D eigenvalue weighted by Gasteiger charge is -2.31. The van der Waals surface area contributed by atoms with E-state index >= 15 is 0 Å². The maximum Gasteiger partial charge on any atom is 0.135 e. The summed E-state index contributed by atoms with van der Waals surface area (Å²) in [5.41, 5.74) is 1.38. The van der Waals surface area contributed by atoms with Gasteiger partial charge in [-0.1, -0.05) is 0 Å². The Labute approximate surface area is 118 Å². The van der Waals surface area contributed by atoms with Crippen LogP contribution in [0.25, 0.3) is 0 Å². The smallest absolute Gasteiger partial charge is 0.135 e. The Bertz CT molecular complexity index is 420. The molecule has 1 fully saturated rings. The molecule has 1 aliphatic heterocycles. The first kappa shape index (κ1) is 13.7. The summed E-state index contributed by atoms with van der Waals surface area (Å²) in [6.45, 7) is 7.68. The van der Waals surface area contributed by atoms with Gasteiger partial charge < -0.3 is 15.0 Å². The molecular formula is C14H21BrN2O. The number of hydrogen-bond acceptors (Lipinski definition) is 3. The Kier molecular flexibility index (Phi) is 4.17. The van der Waals surface area contributed by atoms with E-state index in [-0.39, 0.29) is 5.54 Å².